The number of halogens is 1. The van der Waals surface area contributed by atoms with Crippen molar-refractivity contribution in [2.24, 2.45) is 0 Å². The van der Waals surface area contributed by atoms with Gasteiger partial charge in [0.25, 0.3) is 0 Å². The SMILES string of the molecule is CC[N+]1=C(/C=C/Nc2ccccc2)SCC1.I. The van der Waals surface area contributed by atoms with Gasteiger partial charge in [-0.25, -0.2) is 4.58 Å². The van der Waals surface area contributed by atoms with Gasteiger partial charge in [0, 0.05) is 18.0 Å². The minimum atomic E-state index is 0. The standard InChI is InChI=1S/C13H16N2S.HI/c1-2-15-10-11-16-13(15)8-9-14-12-6-4-3-5-7-12;/h3-9H,2,10-11H2,1H3;1H/p+1. The van der Waals surface area contributed by atoms with Gasteiger partial charge in [0.15, 0.2) is 6.54 Å². The summed E-state index contributed by atoms with van der Waals surface area (Å²) in [5.41, 5.74) is 1.13. The van der Waals surface area contributed by atoms with E-state index in [1.807, 2.05) is 36.2 Å². The molecule has 0 aliphatic carbocycles. The van der Waals surface area contributed by atoms with Crippen LogP contribution in [-0.4, -0.2) is 28.5 Å². The quantitative estimate of drug-likeness (QED) is 0.653. The van der Waals surface area contributed by atoms with Gasteiger partial charge in [-0.2, -0.15) is 0 Å². The summed E-state index contributed by atoms with van der Waals surface area (Å²) in [7, 11) is 0. The number of para-hydroxylation sites is 1. The second-order valence-electron chi connectivity index (χ2n) is 3.61. The predicted molar refractivity (Wildman–Crippen MR) is 87.8 cm³/mol. The molecular formula is C13H18IN2S+. The van der Waals surface area contributed by atoms with E-state index in [-0.39, 0.29) is 24.0 Å². The molecule has 1 aromatic carbocycles. The van der Waals surface area contributed by atoms with Crippen LogP contribution < -0.4 is 5.32 Å². The maximum absolute atomic E-state index is 3.27. The van der Waals surface area contributed by atoms with Crippen LogP contribution in [0.4, 0.5) is 5.69 Å². The molecule has 0 atom stereocenters. The smallest absolute Gasteiger partial charge is 0.236 e. The molecule has 1 N–H and O–H groups in total. The molecule has 92 valence electrons. The average Bonchev–Trinajstić information content (AvgIpc) is 2.78. The lowest BCUT2D eigenvalue weighted by molar-refractivity contribution is -0.513. The van der Waals surface area contributed by atoms with Crippen molar-refractivity contribution in [2.45, 2.75) is 6.92 Å². The van der Waals surface area contributed by atoms with Crippen molar-refractivity contribution >= 4 is 46.5 Å². The van der Waals surface area contributed by atoms with E-state index in [9.17, 15) is 0 Å². The zero-order valence-electron chi connectivity index (χ0n) is 9.93. The van der Waals surface area contributed by atoms with Gasteiger partial charge < -0.3 is 5.32 Å². The molecule has 0 spiro atoms. The monoisotopic (exact) mass is 361 g/mol. The Labute approximate surface area is 124 Å². The van der Waals surface area contributed by atoms with Crippen LogP contribution in [0.5, 0.6) is 0 Å². The van der Waals surface area contributed by atoms with Crippen molar-refractivity contribution in [1.82, 2.24) is 0 Å². The van der Waals surface area contributed by atoms with Crippen molar-refractivity contribution in [3.8, 4) is 0 Å². The highest BCUT2D eigenvalue weighted by Crippen LogP contribution is 2.13. The number of hydrogen-bond donors (Lipinski definition) is 1. The lowest BCUT2D eigenvalue weighted by Crippen LogP contribution is -2.12. The van der Waals surface area contributed by atoms with E-state index >= 15 is 0 Å². The van der Waals surface area contributed by atoms with Crippen LogP contribution in [0.3, 0.4) is 0 Å². The third kappa shape index (κ3) is 4.35. The Bertz CT molecular complexity index is 401. The van der Waals surface area contributed by atoms with Gasteiger partial charge in [-0.15, -0.1) is 24.0 Å². The molecule has 1 aliphatic heterocycles. The first-order valence-electron chi connectivity index (χ1n) is 5.63. The van der Waals surface area contributed by atoms with Gasteiger partial charge in [-0.05, 0) is 19.1 Å². The van der Waals surface area contributed by atoms with E-state index in [2.05, 4.69) is 35.0 Å². The third-order valence-electron chi connectivity index (χ3n) is 2.55. The maximum Gasteiger partial charge on any atom is 0.236 e. The molecule has 0 saturated heterocycles. The van der Waals surface area contributed by atoms with Gasteiger partial charge in [0.1, 0.15) is 6.54 Å². The number of thioether (sulfide) groups is 1. The van der Waals surface area contributed by atoms with E-state index in [0.29, 0.717) is 0 Å². The molecular weight excluding hydrogens is 343 g/mol. The molecule has 0 radical (unpaired) electrons. The minimum absolute atomic E-state index is 0. The topological polar surface area (TPSA) is 15.0 Å². The van der Waals surface area contributed by atoms with Gasteiger partial charge >= 0.3 is 0 Å². The van der Waals surface area contributed by atoms with Gasteiger partial charge in [-0.3, -0.25) is 0 Å². The second kappa shape index (κ2) is 7.76. The first-order valence-corrected chi connectivity index (χ1v) is 6.61. The number of nitrogens with one attached hydrogen (secondary N) is 1. The van der Waals surface area contributed by atoms with Gasteiger partial charge in [0.05, 0.1) is 5.75 Å². The van der Waals surface area contributed by atoms with Crippen LogP contribution in [-0.2, 0) is 0 Å². The maximum atomic E-state index is 3.27. The fourth-order valence-corrected chi connectivity index (χ4v) is 2.76. The summed E-state index contributed by atoms with van der Waals surface area (Å²) in [5.74, 6) is 1.21. The summed E-state index contributed by atoms with van der Waals surface area (Å²) >= 11 is 1.93. The van der Waals surface area contributed by atoms with Gasteiger partial charge in [0.2, 0.25) is 5.04 Å². The second-order valence-corrected chi connectivity index (χ2v) is 4.73. The first-order chi connectivity index (χ1) is 7.90. The molecule has 0 bridgehead atoms. The van der Waals surface area contributed by atoms with Crippen molar-refractivity contribution in [1.29, 1.82) is 0 Å². The molecule has 0 unspecified atom stereocenters. The fourth-order valence-electron chi connectivity index (χ4n) is 1.67. The average molecular weight is 361 g/mol. The molecule has 0 amide bonds. The van der Waals surface area contributed by atoms with E-state index < -0.39 is 0 Å². The van der Waals surface area contributed by atoms with Crippen LogP contribution in [0.15, 0.2) is 42.6 Å². The van der Waals surface area contributed by atoms with Crippen LogP contribution >= 0.6 is 35.7 Å². The molecule has 0 saturated carbocycles. The van der Waals surface area contributed by atoms with Crippen molar-refractivity contribution in [3.63, 3.8) is 0 Å². The highest BCUT2D eigenvalue weighted by molar-refractivity contribution is 14.0. The molecule has 1 aromatic rings. The molecule has 2 rings (SSSR count). The van der Waals surface area contributed by atoms with Crippen molar-refractivity contribution < 1.29 is 4.58 Å². The van der Waals surface area contributed by atoms with E-state index in [0.717, 1.165) is 12.2 Å². The zero-order chi connectivity index (χ0) is 11.2. The van der Waals surface area contributed by atoms with Crippen molar-refractivity contribution in [3.05, 3.63) is 42.6 Å². The predicted octanol–water partition coefficient (Wildman–Crippen LogP) is 3.41. The number of hydrogen-bond acceptors (Lipinski definition) is 2. The molecule has 4 heteroatoms. The highest BCUT2D eigenvalue weighted by Gasteiger charge is 2.18. The number of anilines is 1. The van der Waals surface area contributed by atoms with Crippen LogP contribution in [0.2, 0.25) is 0 Å². The highest BCUT2D eigenvalue weighted by atomic mass is 127. The molecule has 1 aliphatic rings. The summed E-state index contributed by atoms with van der Waals surface area (Å²) < 4.78 is 2.40. The number of rotatable bonds is 4. The zero-order valence-corrected chi connectivity index (χ0v) is 13.1. The summed E-state index contributed by atoms with van der Waals surface area (Å²) in [6.07, 6.45) is 4.18. The Hall–Kier alpha value is -0.490. The lowest BCUT2D eigenvalue weighted by Gasteiger charge is -1.98. The molecule has 0 fully saturated rings. The van der Waals surface area contributed by atoms with Gasteiger partial charge in [-0.1, -0.05) is 30.0 Å². The Morgan fingerprint density at radius 3 is 2.82 bits per heavy atom. The lowest BCUT2D eigenvalue weighted by atomic mass is 10.3. The molecule has 1 heterocycles. The van der Waals surface area contributed by atoms with Crippen LogP contribution in [0, 0.1) is 0 Å². The minimum Gasteiger partial charge on any atom is -0.361 e. The molecule has 17 heavy (non-hydrogen) atoms. The van der Waals surface area contributed by atoms with E-state index in [4.69, 9.17) is 0 Å². The van der Waals surface area contributed by atoms with Crippen LogP contribution in [0.25, 0.3) is 0 Å². The number of nitrogens with zero attached hydrogens (tertiary/aromatic N) is 1. The Balaban J connectivity index is 0.00000144. The Kier molecular flexibility index (Phi) is 6.65. The normalized spacial score (nSPS) is 15.1. The number of benzene rings is 1. The molecule has 0 aromatic heterocycles. The summed E-state index contributed by atoms with van der Waals surface area (Å²) in [4.78, 5) is 0. The van der Waals surface area contributed by atoms with E-state index in [1.54, 1.807) is 0 Å². The fraction of sp³-hybridized carbons (Fsp3) is 0.308. The summed E-state index contributed by atoms with van der Waals surface area (Å²) in [6, 6.07) is 10.2. The Morgan fingerprint density at radius 2 is 2.12 bits per heavy atom. The molecule has 2 nitrogen and oxygen atoms in total. The summed E-state index contributed by atoms with van der Waals surface area (Å²) in [6.45, 7) is 4.47. The first kappa shape index (κ1) is 14.6. The Morgan fingerprint density at radius 1 is 1.35 bits per heavy atom. The van der Waals surface area contributed by atoms with E-state index in [1.165, 1.54) is 17.3 Å². The third-order valence-corrected chi connectivity index (χ3v) is 3.63. The summed E-state index contributed by atoms with van der Waals surface area (Å²) in [5, 5.41) is 4.64. The van der Waals surface area contributed by atoms with Crippen LogP contribution in [0.1, 0.15) is 6.92 Å². The van der Waals surface area contributed by atoms with Crippen molar-refractivity contribution in [2.75, 3.05) is 24.2 Å². The largest absolute Gasteiger partial charge is 0.361 e.